The Morgan fingerprint density at radius 2 is 2.21 bits per heavy atom. The Kier molecular flexibility index (Phi) is 5.22. The van der Waals surface area contributed by atoms with Gasteiger partial charge in [0, 0.05) is 39.1 Å². The molecule has 2 aliphatic heterocycles. The minimum Gasteiger partial charge on any atom is -0.385 e. The zero-order valence-corrected chi connectivity index (χ0v) is 12.4. The van der Waals surface area contributed by atoms with Crippen LogP contribution in [0.2, 0.25) is 0 Å². The van der Waals surface area contributed by atoms with Crippen molar-refractivity contribution in [3.8, 4) is 0 Å². The fraction of sp³-hybridized carbons (Fsp3) is 0.933. The van der Waals surface area contributed by atoms with Crippen molar-refractivity contribution < 1.29 is 14.3 Å². The van der Waals surface area contributed by atoms with Crippen molar-refractivity contribution in [1.82, 2.24) is 4.90 Å². The summed E-state index contributed by atoms with van der Waals surface area (Å²) in [7, 11) is 1.74. The molecule has 3 atom stereocenters. The number of hydrogen-bond acceptors (Lipinski definition) is 3. The van der Waals surface area contributed by atoms with E-state index in [2.05, 4.69) is 13.8 Å². The lowest BCUT2D eigenvalue weighted by molar-refractivity contribution is -0.131. The van der Waals surface area contributed by atoms with E-state index in [0.717, 1.165) is 39.1 Å². The lowest BCUT2D eigenvalue weighted by Crippen LogP contribution is -2.31. The predicted molar refractivity (Wildman–Crippen MR) is 73.9 cm³/mol. The topological polar surface area (TPSA) is 38.8 Å². The average molecular weight is 269 g/mol. The zero-order valence-electron chi connectivity index (χ0n) is 12.4. The Hall–Kier alpha value is -0.610. The van der Waals surface area contributed by atoms with Crippen LogP contribution in [-0.4, -0.2) is 50.3 Å². The van der Waals surface area contributed by atoms with Crippen LogP contribution in [0, 0.1) is 17.8 Å². The molecule has 1 amide bonds. The standard InChI is InChI=1S/C15H27NO3/c1-11(2)4-5-15(17)16-8-13-12(6-7-18-3)10-19-14(13)9-16/h11-14H,4-10H2,1-3H3/t12-,13-,14-/m0/s1. The maximum atomic E-state index is 12.1. The molecule has 0 radical (unpaired) electrons. The van der Waals surface area contributed by atoms with Crippen LogP contribution in [0.15, 0.2) is 0 Å². The van der Waals surface area contributed by atoms with E-state index >= 15 is 0 Å². The third kappa shape index (κ3) is 3.69. The normalized spacial score (nSPS) is 30.1. The summed E-state index contributed by atoms with van der Waals surface area (Å²) < 4.78 is 11.0. The second kappa shape index (κ2) is 6.71. The highest BCUT2D eigenvalue weighted by atomic mass is 16.5. The van der Waals surface area contributed by atoms with Gasteiger partial charge in [0.05, 0.1) is 12.7 Å². The van der Waals surface area contributed by atoms with Crippen LogP contribution in [0.5, 0.6) is 0 Å². The summed E-state index contributed by atoms with van der Waals surface area (Å²) in [4.78, 5) is 14.2. The molecule has 0 N–H and O–H groups in total. The maximum absolute atomic E-state index is 12.1. The van der Waals surface area contributed by atoms with Crippen molar-refractivity contribution >= 4 is 5.91 Å². The van der Waals surface area contributed by atoms with E-state index in [1.165, 1.54) is 0 Å². The van der Waals surface area contributed by atoms with E-state index in [1.54, 1.807) is 7.11 Å². The minimum absolute atomic E-state index is 0.268. The molecule has 2 aliphatic rings. The summed E-state index contributed by atoms with van der Waals surface area (Å²) in [6, 6.07) is 0. The zero-order chi connectivity index (χ0) is 13.8. The van der Waals surface area contributed by atoms with Gasteiger partial charge in [0.2, 0.25) is 5.91 Å². The van der Waals surface area contributed by atoms with Gasteiger partial charge in [-0.3, -0.25) is 4.79 Å². The van der Waals surface area contributed by atoms with E-state index in [-0.39, 0.29) is 6.10 Å². The second-order valence-electron chi connectivity index (χ2n) is 6.31. The summed E-state index contributed by atoms with van der Waals surface area (Å²) in [5, 5.41) is 0. The van der Waals surface area contributed by atoms with Gasteiger partial charge in [-0.05, 0) is 24.7 Å². The lowest BCUT2D eigenvalue weighted by atomic mass is 9.91. The Morgan fingerprint density at radius 1 is 1.42 bits per heavy atom. The number of carbonyl (C=O) groups is 1. The first-order valence-corrected chi connectivity index (χ1v) is 7.50. The minimum atomic E-state index is 0.268. The second-order valence-corrected chi connectivity index (χ2v) is 6.31. The Labute approximate surface area is 116 Å². The predicted octanol–water partition coefficient (Wildman–Crippen LogP) is 1.93. The molecule has 0 bridgehead atoms. The molecule has 0 saturated carbocycles. The number of amides is 1. The molecule has 19 heavy (non-hydrogen) atoms. The molecule has 0 aromatic carbocycles. The number of likely N-dealkylation sites (tertiary alicyclic amines) is 1. The molecular weight excluding hydrogens is 242 g/mol. The van der Waals surface area contributed by atoms with Gasteiger partial charge in [-0.1, -0.05) is 13.8 Å². The monoisotopic (exact) mass is 269 g/mol. The van der Waals surface area contributed by atoms with E-state index in [4.69, 9.17) is 9.47 Å². The number of rotatable bonds is 6. The van der Waals surface area contributed by atoms with Crippen LogP contribution >= 0.6 is 0 Å². The molecule has 110 valence electrons. The summed E-state index contributed by atoms with van der Waals surface area (Å²) in [6.07, 6.45) is 2.98. The largest absolute Gasteiger partial charge is 0.385 e. The smallest absolute Gasteiger partial charge is 0.222 e. The van der Waals surface area contributed by atoms with Crippen molar-refractivity contribution in [1.29, 1.82) is 0 Å². The molecule has 4 heteroatoms. The van der Waals surface area contributed by atoms with Crippen molar-refractivity contribution in [2.24, 2.45) is 17.8 Å². The Bertz CT molecular complexity index is 306. The molecule has 2 saturated heterocycles. The fourth-order valence-corrected chi connectivity index (χ4v) is 3.14. The highest BCUT2D eigenvalue weighted by Gasteiger charge is 2.44. The molecule has 2 rings (SSSR count). The van der Waals surface area contributed by atoms with E-state index < -0.39 is 0 Å². The van der Waals surface area contributed by atoms with Gasteiger partial charge >= 0.3 is 0 Å². The van der Waals surface area contributed by atoms with Crippen molar-refractivity contribution in [3.63, 3.8) is 0 Å². The number of hydrogen-bond donors (Lipinski definition) is 0. The van der Waals surface area contributed by atoms with Crippen molar-refractivity contribution in [2.75, 3.05) is 33.4 Å². The van der Waals surface area contributed by atoms with Crippen LogP contribution in [0.1, 0.15) is 33.1 Å². The van der Waals surface area contributed by atoms with Crippen molar-refractivity contribution in [3.05, 3.63) is 0 Å². The number of nitrogens with zero attached hydrogens (tertiary/aromatic N) is 1. The van der Waals surface area contributed by atoms with E-state index in [9.17, 15) is 4.79 Å². The van der Waals surface area contributed by atoms with Gasteiger partial charge in [-0.2, -0.15) is 0 Å². The maximum Gasteiger partial charge on any atom is 0.222 e. The third-order valence-electron chi connectivity index (χ3n) is 4.42. The number of carbonyl (C=O) groups excluding carboxylic acids is 1. The molecule has 0 aromatic rings. The van der Waals surface area contributed by atoms with Gasteiger partial charge in [-0.15, -0.1) is 0 Å². The number of ether oxygens (including phenoxy) is 2. The van der Waals surface area contributed by atoms with Crippen LogP contribution in [0.4, 0.5) is 0 Å². The summed E-state index contributed by atoms with van der Waals surface area (Å²) in [5.41, 5.74) is 0. The van der Waals surface area contributed by atoms with Gasteiger partial charge in [-0.25, -0.2) is 0 Å². The summed E-state index contributed by atoms with van der Waals surface area (Å²) in [5.74, 6) is 1.99. The molecule has 2 heterocycles. The van der Waals surface area contributed by atoms with Gasteiger partial charge in [0.25, 0.3) is 0 Å². The quantitative estimate of drug-likeness (QED) is 0.739. The average Bonchev–Trinajstić information content (AvgIpc) is 2.94. The van der Waals surface area contributed by atoms with E-state index in [1.807, 2.05) is 4.90 Å². The molecule has 0 unspecified atom stereocenters. The van der Waals surface area contributed by atoms with Gasteiger partial charge in [0.15, 0.2) is 0 Å². The van der Waals surface area contributed by atoms with Gasteiger partial charge in [0.1, 0.15) is 0 Å². The number of methoxy groups -OCH3 is 1. The summed E-state index contributed by atoms with van der Waals surface area (Å²) in [6.45, 7) is 7.64. The van der Waals surface area contributed by atoms with E-state index in [0.29, 0.717) is 30.1 Å². The first-order valence-electron chi connectivity index (χ1n) is 7.50. The Morgan fingerprint density at radius 3 is 2.89 bits per heavy atom. The molecule has 0 spiro atoms. The summed E-state index contributed by atoms with van der Waals surface area (Å²) >= 11 is 0. The third-order valence-corrected chi connectivity index (χ3v) is 4.42. The fourth-order valence-electron chi connectivity index (χ4n) is 3.14. The number of fused-ring (bicyclic) bond motifs is 1. The Balaban J connectivity index is 1.80. The highest BCUT2D eigenvalue weighted by molar-refractivity contribution is 5.76. The first-order chi connectivity index (χ1) is 9.11. The van der Waals surface area contributed by atoms with Crippen molar-refractivity contribution in [2.45, 2.75) is 39.2 Å². The highest BCUT2D eigenvalue weighted by Crippen LogP contribution is 2.35. The van der Waals surface area contributed by atoms with Crippen LogP contribution in [-0.2, 0) is 14.3 Å². The lowest BCUT2D eigenvalue weighted by Gasteiger charge is -2.20. The molecule has 4 nitrogen and oxygen atoms in total. The molecular formula is C15H27NO3. The van der Waals surface area contributed by atoms with Crippen LogP contribution in [0.3, 0.4) is 0 Å². The molecule has 0 aromatic heterocycles. The van der Waals surface area contributed by atoms with Gasteiger partial charge < -0.3 is 14.4 Å². The van der Waals surface area contributed by atoms with Crippen LogP contribution in [0.25, 0.3) is 0 Å². The SMILES string of the molecule is COCC[C@H]1CO[C@H]2CN(C(=O)CCC(C)C)C[C@@H]12. The molecule has 2 fully saturated rings. The molecule has 0 aliphatic carbocycles. The van der Waals surface area contributed by atoms with Crippen LogP contribution < -0.4 is 0 Å². The first kappa shape index (κ1) is 14.8.